The number of hydrogen-bond acceptors (Lipinski definition) is 4. The van der Waals surface area contributed by atoms with Crippen molar-refractivity contribution in [3.05, 3.63) is 39.6 Å². The van der Waals surface area contributed by atoms with E-state index in [0.717, 1.165) is 15.6 Å². The van der Waals surface area contributed by atoms with E-state index in [1.807, 2.05) is 13.8 Å². The van der Waals surface area contributed by atoms with Crippen molar-refractivity contribution in [1.29, 1.82) is 0 Å². The molecular formula is C14H16FN3OS. The Bertz CT molecular complexity index is 639. The van der Waals surface area contributed by atoms with Crippen LogP contribution in [0.3, 0.4) is 0 Å². The van der Waals surface area contributed by atoms with E-state index in [0.29, 0.717) is 17.9 Å². The van der Waals surface area contributed by atoms with Crippen molar-refractivity contribution in [2.24, 2.45) is 0 Å². The summed E-state index contributed by atoms with van der Waals surface area (Å²) in [6.45, 7) is 5.81. The van der Waals surface area contributed by atoms with E-state index in [2.05, 4.69) is 15.6 Å². The minimum Gasteiger partial charge on any atom is -0.378 e. The van der Waals surface area contributed by atoms with Gasteiger partial charge in [0.15, 0.2) is 0 Å². The lowest BCUT2D eigenvalue weighted by Crippen LogP contribution is -2.07. The minimum atomic E-state index is -0.349. The first-order valence-corrected chi connectivity index (χ1v) is 7.01. The standard InChI is InChI=1S/C14H16FN3OS/c1-8-14(20-10(3)17-8)7-16-13-6-11(18-9(2)19)4-5-12(13)15/h4-6,16H,7H2,1-3H3,(H,18,19). The van der Waals surface area contributed by atoms with Crippen LogP contribution in [0.25, 0.3) is 0 Å². The summed E-state index contributed by atoms with van der Waals surface area (Å²) in [6.07, 6.45) is 0. The zero-order valence-electron chi connectivity index (χ0n) is 11.6. The lowest BCUT2D eigenvalue weighted by atomic mass is 10.2. The molecule has 1 heterocycles. The highest BCUT2D eigenvalue weighted by atomic mass is 32.1. The number of halogens is 1. The van der Waals surface area contributed by atoms with Crippen LogP contribution < -0.4 is 10.6 Å². The van der Waals surface area contributed by atoms with Crippen molar-refractivity contribution in [2.45, 2.75) is 27.3 Å². The Morgan fingerprint density at radius 3 is 2.75 bits per heavy atom. The van der Waals surface area contributed by atoms with Crippen molar-refractivity contribution >= 4 is 28.6 Å². The van der Waals surface area contributed by atoms with E-state index < -0.39 is 0 Å². The zero-order chi connectivity index (χ0) is 14.7. The molecule has 0 unspecified atom stereocenters. The van der Waals surface area contributed by atoms with Gasteiger partial charge >= 0.3 is 0 Å². The van der Waals surface area contributed by atoms with E-state index >= 15 is 0 Å². The van der Waals surface area contributed by atoms with Crippen LogP contribution in [0.2, 0.25) is 0 Å². The Labute approximate surface area is 121 Å². The molecule has 1 aromatic heterocycles. The highest BCUT2D eigenvalue weighted by molar-refractivity contribution is 7.11. The number of amides is 1. The molecule has 2 rings (SSSR count). The van der Waals surface area contributed by atoms with Crippen molar-refractivity contribution < 1.29 is 9.18 Å². The number of rotatable bonds is 4. The fourth-order valence-electron chi connectivity index (χ4n) is 1.85. The molecule has 0 aliphatic carbocycles. The summed E-state index contributed by atoms with van der Waals surface area (Å²) in [7, 11) is 0. The Balaban J connectivity index is 2.12. The molecule has 2 N–H and O–H groups in total. The van der Waals surface area contributed by atoms with Crippen LogP contribution >= 0.6 is 11.3 Å². The molecule has 0 fully saturated rings. The Kier molecular flexibility index (Phi) is 4.34. The summed E-state index contributed by atoms with van der Waals surface area (Å²) in [5, 5.41) is 6.66. The number of hydrogen-bond donors (Lipinski definition) is 2. The number of benzene rings is 1. The predicted molar refractivity (Wildman–Crippen MR) is 79.6 cm³/mol. The third kappa shape index (κ3) is 3.54. The van der Waals surface area contributed by atoms with Crippen molar-refractivity contribution in [3.8, 4) is 0 Å². The highest BCUT2D eigenvalue weighted by Gasteiger charge is 2.08. The van der Waals surface area contributed by atoms with Gasteiger partial charge in [0, 0.05) is 17.5 Å². The van der Waals surface area contributed by atoms with Gasteiger partial charge in [0.05, 0.1) is 22.9 Å². The first-order chi connectivity index (χ1) is 9.45. The fraction of sp³-hybridized carbons (Fsp3) is 0.286. The molecule has 0 bridgehead atoms. The molecule has 0 saturated heterocycles. The first kappa shape index (κ1) is 14.5. The maximum absolute atomic E-state index is 13.7. The number of carbonyl (C=O) groups is 1. The number of anilines is 2. The molecule has 106 valence electrons. The lowest BCUT2D eigenvalue weighted by molar-refractivity contribution is -0.114. The average Bonchev–Trinajstić information content (AvgIpc) is 2.68. The Hall–Kier alpha value is -1.95. The van der Waals surface area contributed by atoms with Gasteiger partial charge in [-0.3, -0.25) is 4.79 Å². The summed E-state index contributed by atoms with van der Waals surface area (Å²) in [5.74, 6) is -0.533. The third-order valence-corrected chi connectivity index (χ3v) is 3.80. The van der Waals surface area contributed by atoms with E-state index in [1.54, 1.807) is 17.4 Å². The van der Waals surface area contributed by atoms with Crippen LogP contribution in [0.15, 0.2) is 18.2 Å². The smallest absolute Gasteiger partial charge is 0.221 e. The van der Waals surface area contributed by atoms with Gasteiger partial charge in [0.1, 0.15) is 5.82 Å². The number of aromatic nitrogens is 1. The van der Waals surface area contributed by atoms with Crippen molar-refractivity contribution in [1.82, 2.24) is 4.98 Å². The zero-order valence-corrected chi connectivity index (χ0v) is 12.4. The molecule has 0 aliphatic heterocycles. The van der Waals surface area contributed by atoms with Gasteiger partial charge in [-0.25, -0.2) is 9.37 Å². The molecule has 20 heavy (non-hydrogen) atoms. The predicted octanol–water partition coefficient (Wildman–Crippen LogP) is 3.47. The minimum absolute atomic E-state index is 0.184. The van der Waals surface area contributed by atoms with E-state index in [-0.39, 0.29) is 11.7 Å². The van der Waals surface area contributed by atoms with Crippen molar-refractivity contribution in [2.75, 3.05) is 10.6 Å². The number of nitrogens with zero attached hydrogens (tertiary/aromatic N) is 1. The second-order valence-corrected chi connectivity index (χ2v) is 5.76. The largest absolute Gasteiger partial charge is 0.378 e. The quantitative estimate of drug-likeness (QED) is 0.907. The molecular weight excluding hydrogens is 277 g/mol. The molecule has 1 aromatic carbocycles. The normalized spacial score (nSPS) is 10.4. The van der Waals surface area contributed by atoms with Crippen LogP contribution in [0, 0.1) is 19.7 Å². The molecule has 2 aromatic rings. The van der Waals surface area contributed by atoms with Gasteiger partial charge < -0.3 is 10.6 Å². The molecule has 0 saturated carbocycles. The number of nitrogens with one attached hydrogen (secondary N) is 2. The van der Waals surface area contributed by atoms with Gasteiger partial charge in [-0.2, -0.15) is 0 Å². The monoisotopic (exact) mass is 293 g/mol. The maximum Gasteiger partial charge on any atom is 0.221 e. The SMILES string of the molecule is CC(=O)Nc1ccc(F)c(NCc2sc(C)nc2C)c1. The fourth-order valence-corrected chi connectivity index (χ4v) is 2.73. The van der Waals surface area contributed by atoms with Gasteiger partial charge in [0.2, 0.25) is 5.91 Å². The van der Waals surface area contributed by atoms with Gasteiger partial charge in [-0.1, -0.05) is 0 Å². The molecule has 0 radical (unpaired) electrons. The molecule has 1 amide bonds. The van der Waals surface area contributed by atoms with Gasteiger partial charge in [-0.15, -0.1) is 11.3 Å². The van der Waals surface area contributed by atoms with Gasteiger partial charge in [0.25, 0.3) is 0 Å². The summed E-state index contributed by atoms with van der Waals surface area (Å²) < 4.78 is 13.7. The molecule has 0 spiro atoms. The second-order valence-electron chi connectivity index (χ2n) is 4.47. The van der Waals surface area contributed by atoms with Crippen LogP contribution in [0.5, 0.6) is 0 Å². The highest BCUT2D eigenvalue weighted by Crippen LogP contribution is 2.23. The molecule has 0 aliphatic rings. The van der Waals surface area contributed by atoms with Crippen molar-refractivity contribution in [3.63, 3.8) is 0 Å². The van der Waals surface area contributed by atoms with Crippen LogP contribution in [0.4, 0.5) is 15.8 Å². The van der Waals surface area contributed by atoms with E-state index in [1.165, 1.54) is 19.1 Å². The number of thiazole rings is 1. The summed E-state index contributed by atoms with van der Waals surface area (Å²) in [5.41, 5.74) is 1.89. The molecule has 0 atom stereocenters. The third-order valence-electron chi connectivity index (χ3n) is 2.73. The number of aryl methyl sites for hydroxylation is 2. The van der Waals surface area contributed by atoms with Gasteiger partial charge in [-0.05, 0) is 32.0 Å². The van der Waals surface area contributed by atoms with Crippen LogP contribution in [-0.4, -0.2) is 10.9 Å². The Morgan fingerprint density at radius 2 is 2.15 bits per heavy atom. The average molecular weight is 293 g/mol. The van der Waals surface area contributed by atoms with E-state index in [9.17, 15) is 9.18 Å². The number of carbonyl (C=O) groups excluding carboxylic acids is 1. The lowest BCUT2D eigenvalue weighted by Gasteiger charge is -2.09. The first-order valence-electron chi connectivity index (χ1n) is 6.19. The topological polar surface area (TPSA) is 54.0 Å². The summed E-state index contributed by atoms with van der Waals surface area (Å²) in [6, 6.07) is 4.45. The summed E-state index contributed by atoms with van der Waals surface area (Å²) in [4.78, 5) is 16.4. The second kappa shape index (κ2) is 6.00. The molecule has 6 heteroatoms. The maximum atomic E-state index is 13.7. The van der Waals surface area contributed by atoms with Crippen LogP contribution in [-0.2, 0) is 11.3 Å². The van der Waals surface area contributed by atoms with E-state index in [4.69, 9.17) is 0 Å². The van der Waals surface area contributed by atoms with Crippen LogP contribution in [0.1, 0.15) is 22.5 Å². The molecule has 4 nitrogen and oxygen atoms in total. The summed E-state index contributed by atoms with van der Waals surface area (Å²) >= 11 is 1.59. The Morgan fingerprint density at radius 1 is 1.40 bits per heavy atom.